The number of benzene rings is 1. The molecular weight excluding hydrogens is 513 g/mol. The van der Waals surface area contributed by atoms with Crippen LogP contribution in [-0.2, 0) is 19.9 Å². The molecule has 1 fully saturated rings. The summed E-state index contributed by atoms with van der Waals surface area (Å²) in [5.41, 5.74) is 12.5. The Morgan fingerprint density at radius 1 is 1.37 bits per heavy atom. The average Bonchev–Trinajstić information content (AvgIpc) is 3.57. The van der Waals surface area contributed by atoms with E-state index in [-0.39, 0.29) is 11.5 Å². The molecule has 0 amide bonds. The number of rotatable bonds is 10. The average molecular weight is 542 g/mol. The van der Waals surface area contributed by atoms with E-state index in [0.717, 1.165) is 23.7 Å². The number of aryl methyl sites for hydroxylation is 1. The summed E-state index contributed by atoms with van der Waals surface area (Å²) in [6.45, 7) is 1.78. The largest absolute Gasteiger partial charge is 0.482 e. The van der Waals surface area contributed by atoms with Gasteiger partial charge in [0, 0.05) is 48.0 Å². The van der Waals surface area contributed by atoms with Crippen LogP contribution in [-0.4, -0.2) is 33.2 Å². The van der Waals surface area contributed by atoms with Gasteiger partial charge in [-0.2, -0.15) is 10.2 Å². The summed E-state index contributed by atoms with van der Waals surface area (Å²) in [4.78, 5) is 4.09. The van der Waals surface area contributed by atoms with Crippen LogP contribution in [0, 0.1) is 17.1 Å². The molecule has 1 atom stereocenters. The van der Waals surface area contributed by atoms with Gasteiger partial charge in [-0.05, 0) is 78.4 Å². The van der Waals surface area contributed by atoms with Gasteiger partial charge in [0.2, 0.25) is 0 Å². The Labute approximate surface area is 212 Å². The van der Waals surface area contributed by atoms with Gasteiger partial charge in [-0.15, -0.1) is 0 Å². The van der Waals surface area contributed by atoms with Crippen molar-refractivity contribution in [2.45, 2.75) is 38.7 Å². The normalized spacial score (nSPS) is 14.6. The smallest absolute Gasteiger partial charge is 0.166 e. The van der Waals surface area contributed by atoms with Crippen molar-refractivity contribution in [1.82, 2.24) is 20.2 Å². The van der Waals surface area contributed by atoms with E-state index in [1.165, 1.54) is 25.0 Å². The number of hydrogen-bond acceptors (Lipinski definition) is 7. The Balaban J connectivity index is 1.61. The van der Waals surface area contributed by atoms with Gasteiger partial charge in [0.05, 0.1) is 17.1 Å². The number of nitrogens with one attached hydrogen (secondary N) is 2. The van der Waals surface area contributed by atoms with Crippen molar-refractivity contribution in [3.63, 3.8) is 0 Å². The van der Waals surface area contributed by atoms with E-state index in [1.807, 2.05) is 11.7 Å². The highest BCUT2D eigenvalue weighted by Gasteiger charge is 2.25. The molecule has 0 saturated heterocycles. The lowest BCUT2D eigenvalue weighted by Gasteiger charge is -2.20. The van der Waals surface area contributed by atoms with Crippen molar-refractivity contribution in [2.75, 3.05) is 12.8 Å². The van der Waals surface area contributed by atoms with Crippen LogP contribution in [0.2, 0.25) is 0 Å². The lowest BCUT2D eigenvalue weighted by Crippen LogP contribution is -2.23. The molecule has 4 N–H and O–H groups in total. The quantitative estimate of drug-likeness (QED) is 0.257. The van der Waals surface area contributed by atoms with Crippen LogP contribution in [0.25, 0.3) is 0 Å². The predicted molar refractivity (Wildman–Crippen MR) is 138 cm³/mol. The van der Waals surface area contributed by atoms with E-state index in [9.17, 15) is 4.39 Å². The number of hydrogen-bond donors (Lipinski definition) is 3. The second-order valence-electron chi connectivity index (χ2n) is 8.76. The van der Waals surface area contributed by atoms with E-state index >= 15 is 0 Å². The van der Waals surface area contributed by atoms with Crippen LogP contribution in [0.4, 0.5) is 10.2 Å². The number of halogens is 2. The summed E-state index contributed by atoms with van der Waals surface area (Å²) in [7, 11) is 3.59. The molecule has 2 aromatic heterocycles. The number of nitrogens with zero attached hydrogens (tertiary/aromatic N) is 4. The van der Waals surface area contributed by atoms with Crippen molar-refractivity contribution in [3.05, 3.63) is 69.3 Å². The van der Waals surface area contributed by atoms with E-state index in [2.05, 4.69) is 42.6 Å². The third kappa shape index (κ3) is 6.05. The van der Waals surface area contributed by atoms with Crippen LogP contribution in [0.1, 0.15) is 48.4 Å². The fourth-order valence-corrected chi connectivity index (χ4v) is 4.29. The fourth-order valence-electron chi connectivity index (χ4n) is 3.98. The highest BCUT2D eigenvalue weighted by atomic mass is 79.9. The first-order chi connectivity index (χ1) is 16.7. The first-order valence-corrected chi connectivity index (χ1v) is 12.3. The van der Waals surface area contributed by atoms with Gasteiger partial charge >= 0.3 is 0 Å². The standard InChI is InChI=1S/C25H29BrFN7O/c1-14(35-23-9-16(26)13-31-25(23)29)21-10-17(27)6-7-20(21)24(28)22(32-30-2)12-19-11-18(33-34(19)3)8-15-4-5-15/h6-7,9-11,13-15,28,30H,4-5,8,12H2,1-3H3,(H2,29,31)/b28-24?,32-22-/t14-/m1/s1. The minimum atomic E-state index is -0.600. The minimum Gasteiger partial charge on any atom is -0.482 e. The summed E-state index contributed by atoms with van der Waals surface area (Å²) < 4.78 is 22.9. The number of pyridine rings is 1. The van der Waals surface area contributed by atoms with Crippen LogP contribution in [0.15, 0.2) is 46.1 Å². The molecule has 1 aliphatic rings. The van der Waals surface area contributed by atoms with Crippen molar-refractivity contribution in [2.24, 2.45) is 18.1 Å². The zero-order valence-corrected chi connectivity index (χ0v) is 21.6. The predicted octanol–water partition coefficient (Wildman–Crippen LogP) is 4.58. The summed E-state index contributed by atoms with van der Waals surface area (Å²) in [5, 5.41) is 18.0. The maximum Gasteiger partial charge on any atom is 0.166 e. The Kier molecular flexibility index (Phi) is 7.49. The van der Waals surface area contributed by atoms with Gasteiger partial charge in [0.15, 0.2) is 11.6 Å². The highest BCUT2D eigenvalue weighted by molar-refractivity contribution is 9.10. The van der Waals surface area contributed by atoms with Gasteiger partial charge in [-0.1, -0.05) is 0 Å². The van der Waals surface area contributed by atoms with E-state index in [0.29, 0.717) is 33.5 Å². The Morgan fingerprint density at radius 2 is 2.14 bits per heavy atom. The molecule has 0 unspecified atom stereocenters. The summed E-state index contributed by atoms with van der Waals surface area (Å²) >= 11 is 3.36. The lowest BCUT2D eigenvalue weighted by molar-refractivity contribution is 0.227. The monoisotopic (exact) mass is 541 g/mol. The van der Waals surface area contributed by atoms with Crippen molar-refractivity contribution < 1.29 is 9.13 Å². The number of anilines is 1. The maximum absolute atomic E-state index is 14.3. The Morgan fingerprint density at radius 3 is 2.86 bits per heavy atom. The SMILES string of the molecule is CN/N=C(/Cc1cc(CC2CC2)nn1C)C(=N)c1ccc(F)cc1[C@@H](C)Oc1cc(Br)cnc1N. The number of hydrazone groups is 1. The molecule has 0 radical (unpaired) electrons. The van der Waals surface area contributed by atoms with Crippen LogP contribution < -0.4 is 15.9 Å². The second kappa shape index (κ2) is 10.6. The van der Waals surface area contributed by atoms with Crippen LogP contribution in [0.5, 0.6) is 5.75 Å². The van der Waals surface area contributed by atoms with Crippen LogP contribution in [0.3, 0.4) is 0 Å². The van der Waals surface area contributed by atoms with E-state index in [1.54, 1.807) is 32.3 Å². The van der Waals surface area contributed by atoms with Gasteiger partial charge in [0.25, 0.3) is 0 Å². The molecule has 4 rings (SSSR count). The molecule has 184 valence electrons. The Hall–Kier alpha value is -3.27. The molecule has 3 aromatic rings. The molecule has 0 bridgehead atoms. The first-order valence-electron chi connectivity index (χ1n) is 11.5. The maximum atomic E-state index is 14.3. The third-order valence-corrected chi connectivity index (χ3v) is 6.41. The fraction of sp³-hybridized carbons (Fsp3) is 0.360. The molecule has 1 saturated carbocycles. The first kappa shape index (κ1) is 24.8. The summed E-state index contributed by atoms with van der Waals surface area (Å²) in [5.74, 6) is 0.912. The minimum absolute atomic E-state index is 0.176. The molecule has 35 heavy (non-hydrogen) atoms. The highest BCUT2D eigenvalue weighted by Crippen LogP contribution is 2.33. The van der Waals surface area contributed by atoms with E-state index in [4.69, 9.17) is 15.9 Å². The van der Waals surface area contributed by atoms with E-state index < -0.39 is 11.9 Å². The molecule has 10 heteroatoms. The van der Waals surface area contributed by atoms with Gasteiger partial charge < -0.3 is 15.9 Å². The molecular formula is C25H29BrFN7O. The molecule has 1 aromatic carbocycles. The lowest BCUT2D eigenvalue weighted by atomic mass is 9.94. The number of nitrogen functional groups attached to an aromatic ring is 1. The second-order valence-corrected chi connectivity index (χ2v) is 9.68. The van der Waals surface area contributed by atoms with Crippen LogP contribution >= 0.6 is 15.9 Å². The van der Waals surface area contributed by atoms with Gasteiger partial charge in [-0.25, -0.2) is 9.37 Å². The number of ether oxygens (including phenoxy) is 1. The van der Waals surface area contributed by atoms with Crippen molar-refractivity contribution in [1.29, 1.82) is 5.41 Å². The molecule has 2 heterocycles. The number of aromatic nitrogens is 3. The zero-order valence-electron chi connectivity index (χ0n) is 20.0. The summed E-state index contributed by atoms with van der Waals surface area (Å²) in [6.07, 6.45) is 4.88. The third-order valence-electron chi connectivity index (χ3n) is 5.98. The molecule has 0 aliphatic heterocycles. The number of nitrogens with two attached hydrogens (primary N) is 1. The van der Waals surface area contributed by atoms with Gasteiger partial charge in [0.1, 0.15) is 11.9 Å². The van der Waals surface area contributed by atoms with Crippen molar-refractivity contribution in [3.8, 4) is 5.75 Å². The topological polar surface area (TPSA) is 114 Å². The van der Waals surface area contributed by atoms with Gasteiger partial charge in [-0.3, -0.25) is 10.1 Å². The van der Waals surface area contributed by atoms with Crippen molar-refractivity contribution >= 4 is 33.2 Å². The summed E-state index contributed by atoms with van der Waals surface area (Å²) in [6, 6.07) is 8.09. The molecule has 8 nitrogen and oxygen atoms in total. The zero-order chi connectivity index (χ0) is 25.1. The molecule has 0 spiro atoms. The molecule has 1 aliphatic carbocycles. The Bertz CT molecular complexity index is 1270.